The number of nitrogens with zero attached hydrogens (tertiary/aromatic N) is 1. The molecule has 0 unspecified atom stereocenters. The second-order valence-corrected chi connectivity index (χ2v) is 6.66. The molecule has 3 aromatic carbocycles. The summed E-state index contributed by atoms with van der Waals surface area (Å²) in [6.45, 7) is 0. The number of halogens is 1. The van der Waals surface area contributed by atoms with Crippen molar-refractivity contribution in [2.45, 2.75) is 6.42 Å². The van der Waals surface area contributed by atoms with Crippen molar-refractivity contribution in [1.82, 2.24) is 0 Å². The van der Waals surface area contributed by atoms with Gasteiger partial charge in [0.05, 0.1) is 23.5 Å². The van der Waals surface area contributed by atoms with Gasteiger partial charge in [-0.15, -0.1) is 0 Å². The summed E-state index contributed by atoms with van der Waals surface area (Å²) in [5.41, 5.74) is 3.67. The lowest BCUT2D eigenvalue weighted by Gasteiger charge is -2.07. The van der Waals surface area contributed by atoms with E-state index >= 15 is 0 Å². The molecular weight excluding hydrogens is 360 g/mol. The molecule has 5 heteroatoms. The molecule has 4 nitrogen and oxygen atoms in total. The molecule has 0 radical (unpaired) electrons. The van der Waals surface area contributed by atoms with Gasteiger partial charge in [-0.05, 0) is 35.9 Å². The third-order valence-electron chi connectivity index (χ3n) is 4.31. The van der Waals surface area contributed by atoms with Crippen molar-refractivity contribution >= 4 is 40.4 Å². The van der Waals surface area contributed by atoms with Gasteiger partial charge in [-0.3, -0.25) is 14.6 Å². The van der Waals surface area contributed by atoms with Crippen LogP contribution in [0.4, 0.5) is 11.4 Å². The van der Waals surface area contributed by atoms with Crippen molar-refractivity contribution in [2.24, 2.45) is 4.99 Å². The molecule has 0 saturated carbocycles. The molecule has 0 saturated heterocycles. The van der Waals surface area contributed by atoms with Crippen LogP contribution in [0, 0.1) is 0 Å². The van der Waals surface area contributed by atoms with Gasteiger partial charge in [0.25, 0.3) is 0 Å². The van der Waals surface area contributed by atoms with Gasteiger partial charge in [0.1, 0.15) is 0 Å². The second-order valence-electron chi connectivity index (χ2n) is 6.22. The van der Waals surface area contributed by atoms with Crippen LogP contribution in [-0.4, -0.2) is 17.4 Å². The van der Waals surface area contributed by atoms with Crippen LogP contribution in [0.3, 0.4) is 0 Å². The summed E-state index contributed by atoms with van der Waals surface area (Å²) in [7, 11) is 0. The van der Waals surface area contributed by atoms with E-state index in [2.05, 4.69) is 10.3 Å². The maximum atomic E-state index is 12.7. The Labute approximate surface area is 161 Å². The largest absolute Gasteiger partial charge is 0.324 e. The molecular formula is C22H15ClN2O2. The number of carbonyl (C=O) groups excluding carboxylic acids is 2. The SMILES string of the molecule is O=C1CC(c2cccc(Cl)c2)=Nc2ccc(C(=O)c3ccccc3)cc2N1. The number of anilines is 1. The molecule has 0 spiro atoms. The minimum Gasteiger partial charge on any atom is -0.324 e. The molecule has 4 rings (SSSR count). The molecule has 0 bridgehead atoms. The van der Waals surface area contributed by atoms with Gasteiger partial charge < -0.3 is 5.32 Å². The third kappa shape index (κ3) is 3.66. The number of carbonyl (C=O) groups is 2. The highest BCUT2D eigenvalue weighted by molar-refractivity contribution is 6.31. The highest BCUT2D eigenvalue weighted by Gasteiger charge is 2.19. The fourth-order valence-electron chi connectivity index (χ4n) is 3.00. The van der Waals surface area contributed by atoms with E-state index in [0.29, 0.717) is 33.2 Å². The Morgan fingerprint density at radius 2 is 1.74 bits per heavy atom. The fraction of sp³-hybridized carbons (Fsp3) is 0.0455. The van der Waals surface area contributed by atoms with Gasteiger partial charge in [0.15, 0.2) is 5.78 Å². The van der Waals surface area contributed by atoms with Crippen LogP contribution in [0.15, 0.2) is 77.8 Å². The lowest BCUT2D eigenvalue weighted by molar-refractivity contribution is -0.115. The Balaban J connectivity index is 1.74. The molecule has 1 heterocycles. The summed E-state index contributed by atoms with van der Waals surface area (Å²) in [6.07, 6.45) is 0.136. The number of hydrogen-bond donors (Lipinski definition) is 1. The van der Waals surface area contributed by atoms with E-state index in [1.807, 2.05) is 30.3 Å². The Morgan fingerprint density at radius 1 is 0.926 bits per heavy atom. The third-order valence-corrected chi connectivity index (χ3v) is 4.55. The molecule has 1 N–H and O–H groups in total. The minimum absolute atomic E-state index is 0.101. The molecule has 0 fully saturated rings. The molecule has 1 amide bonds. The summed E-state index contributed by atoms with van der Waals surface area (Å²) in [5, 5.41) is 3.43. The van der Waals surface area contributed by atoms with Gasteiger partial charge in [-0.25, -0.2) is 0 Å². The van der Waals surface area contributed by atoms with Gasteiger partial charge in [-0.2, -0.15) is 0 Å². The predicted octanol–water partition coefficient (Wildman–Crippen LogP) is 5.03. The zero-order chi connectivity index (χ0) is 18.8. The van der Waals surface area contributed by atoms with E-state index in [-0.39, 0.29) is 18.1 Å². The van der Waals surface area contributed by atoms with E-state index in [1.165, 1.54) is 0 Å². The standard InChI is InChI=1S/C22H15ClN2O2/c23-17-8-4-7-15(11-17)19-13-21(26)25-20-12-16(9-10-18(20)24-19)22(27)14-5-2-1-3-6-14/h1-12H,13H2,(H,25,26). The van der Waals surface area contributed by atoms with Crippen LogP contribution < -0.4 is 5.32 Å². The lowest BCUT2D eigenvalue weighted by atomic mass is 10.0. The Kier molecular flexibility index (Phi) is 4.57. The summed E-state index contributed by atoms with van der Waals surface area (Å²) in [6, 6.07) is 21.4. The van der Waals surface area contributed by atoms with E-state index in [0.717, 1.165) is 5.56 Å². The molecule has 0 aromatic heterocycles. The van der Waals surface area contributed by atoms with Crippen LogP contribution in [-0.2, 0) is 4.79 Å². The smallest absolute Gasteiger partial charge is 0.230 e. The Bertz CT molecular complexity index is 1070. The van der Waals surface area contributed by atoms with E-state index in [1.54, 1.807) is 42.5 Å². The molecule has 0 atom stereocenters. The number of ketones is 1. The zero-order valence-electron chi connectivity index (χ0n) is 14.3. The monoisotopic (exact) mass is 374 g/mol. The van der Waals surface area contributed by atoms with Crippen molar-refractivity contribution in [3.05, 3.63) is 94.5 Å². The Morgan fingerprint density at radius 3 is 2.52 bits per heavy atom. The van der Waals surface area contributed by atoms with Crippen LogP contribution in [0.2, 0.25) is 5.02 Å². The quantitative estimate of drug-likeness (QED) is 0.653. The van der Waals surface area contributed by atoms with E-state index < -0.39 is 0 Å². The molecule has 1 aliphatic rings. The van der Waals surface area contributed by atoms with Crippen molar-refractivity contribution < 1.29 is 9.59 Å². The van der Waals surface area contributed by atoms with Gasteiger partial charge in [0.2, 0.25) is 5.91 Å². The van der Waals surface area contributed by atoms with Gasteiger partial charge >= 0.3 is 0 Å². The minimum atomic E-state index is -0.184. The number of amides is 1. The number of rotatable bonds is 3. The van der Waals surface area contributed by atoms with Crippen LogP contribution in [0.1, 0.15) is 27.9 Å². The maximum absolute atomic E-state index is 12.7. The first-order valence-electron chi connectivity index (χ1n) is 8.47. The second kappa shape index (κ2) is 7.17. The number of benzene rings is 3. The van der Waals surface area contributed by atoms with Crippen molar-refractivity contribution in [2.75, 3.05) is 5.32 Å². The average molecular weight is 375 g/mol. The van der Waals surface area contributed by atoms with Crippen molar-refractivity contribution in [3.8, 4) is 0 Å². The van der Waals surface area contributed by atoms with Gasteiger partial charge in [0, 0.05) is 16.1 Å². The summed E-state index contributed by atoms with van der Waals surface area (Å²) >= 11 is 6.06. The molecule has 3 aromatic rings. The van der Waals surface area contributed by atoms with E-state index in [4.69, 9.17) is 11.6 Å². The van der Waals surface area contributed by atoms with Crippen molar-refractivity contribution in [1.29, 1.82) is 0 Å². The van der Waals surface area contributed by atoms with Gasteiger partial charge in [-0.1, -0.05) is 54.1 Å². The summed E-state index contributed by atoms with van der Waals surface area (Å²) in [5.74, 6) is -0.285. The first kappa shape index (κ1) is 17.2. The lowest BCUT2D eigenvalue weighted by Crippen LogP contribution is -2.15. The first-order valence-corrected chi connectivity index (χ1v) is 8.85. The molecule has 1 aliphatic heterocycles. The number of fused-ring (bicyclic) bond motifs is 1. The number of nitrogens with one attached hydrogen (secondary N) is 1. The molecule has 0 aliphatic carbocycles. The summed E-state index contributed by atoms with van der Waals surface area (Å²) in [4.78, 5) is 29.7. The number of aliphatic imine (C=N–C) groups is 1. The van der Waals surface area contributed by atoms with Crippen molar-refractivity contribution in [3.63, 3.8) is 0 Å². The fourth-order valence-corrected chi connectivity index (χ4v) is 3.19. The van der Waals surface area contributed by atoms with Crippen LogP contribution in [0.25, 0.3) is 0 Å². The van der Waals surface area contributed by atoms with E-state index in [9.17, 15) is 9.59 Å². The first-order chi connectivity index (χ1) is 13.1. The van der Waals surface area contributed by atoms with Crippen LogP contribution >= 0.6 is 11.6 Å². The average Bonchev–Trinajstić information content (AvgIpc) is 2.85. The Hall–Kier alpha value is -3.24. The highest BCUT2D eigenvalue weighted by Crippen LogP contribution is 2.31. The normalized spacial score (nSPS) is 13.2. The number of hydrogen-bond acceptors (Lipinski definition) is 3. The molecule has 27 heavy (non-hydrogen) atoms. The topological polar surface area (TPSA) is 58.5 Å². The molecule has 132 valence electrons. The maximum Gasteiger partial charge on any atom is 0.230 e. The highest BCUT2D eigenvalue weighted by atomic mass is 35.5. The van der Waals surface area contributed by atoms with Crippen LogP contribution in [0.5, 0.6) is 0 Å². The zero-order valence-corrected chi connectivity index (χ0v) is 15.0. The predicted molar refractivity (Wildman–Crippen MR) is 107 cm³/mol. The summed E-state index contributed by atoms with van der Waals surface area (Å²) < 4.78 is 0.